The third-order valence-corrected chi connectivity index (χ3v) is 2.89. The van der Waals surface area contributed by atoms with Crippen molar-refractivity contribution in [3.05, 3.63) is 33.8 Å². The van der Waals surface area contributed by atoms with Crippen molar-refractivity contribution in [2.45, 2.75) is 38.9 Å². The fraction of sp³-hybridized carbons (Fsp3) is 0.500. The number of hydrogen-bond acceptors (Lipinski definition) is 1. The summed E-state index contributed by atoms with van der Waals surface area (Å²) in [7, 11) is 0. The molecule has 1 atom stereocenters. The summed E-state index contributed by atoms with van der Waals surface area (Å²) in [5.41, 5.74) is 6.20. The lowest BCUT2D eigenvalue weighted by molar-refractivity contribution is 0.220. The van der Waals surface area contributed by atoms with Gasteiger partial charge in [-0.05, 0) is 38.8 Å². The molecule has 0 bridgehead atoms. The maximum atomic E-state index is 13.7. The van der Waals surface area contributed by atoms with E-state index in [9.17, 15) is 4.39 Å². The molecule has 1 aromatic carbocycles. The molecule has 0 aliphatic rings. The van der Waals surface area contributed by atoms with Crippen LogP contribution in [0.25, 0.3) is 0 Å². The molecule has 2 N–H and O–H groups in total. The lowest BCUT2D eigenvalue weighted by Gasteiger charge is -2.17. The SMILES string of the molecule is CC(N)Cc1ccc(C(C)(C)F)c(Br)c1. The van der Waals surface area contributed by atoms with E-state index in [1.54, 1.807) is 13.8 Å². The molecule has 0 amide bonds. The van der Waals surface area contributed by atoms with E-state index in [0.717, 1.165) is 16.5 Å². The Morgan fingerprint density at radius 2 is 2.07 bits per heavy atom. The number of nitrogens with two attached hydrogens (primary N) is 1. The van der Waals surface area contributed by atoms with Gasteiger partial charge in [-0.15, -0.1) is 0 Å². The zero-order valence-electron chi connectivity index (χ0n) is 9.35. The van der Waals surface area contributed by atoms with Gasteiger partial charge in [-0.2, -0.15) is 0 Å². The number of hydrogen-bond donors (Lipinski definition) is 1. The molecule has 0 heterocycles. The van der Waals surface area contributed by atoms with Gasteiger partial charge in [0.25, 0.3) is 0 Å². The van der Waals surface area contributed by atoms with E-state index in [1.165, 1.54) is 0 Å². The average Bonchev–Trinajstić information content (AvgIpc) is 1.99. The van der Waals surface area contributed by atoms with Crippen molar-refractivity contribution < 1.29 is 4.39 Å². The highest BCUT2D eigenvalue weighted by atomic mass is 79.9. The van der Waals surface area contributed by atoms with Crippen LogP contribution >= 0.6 is 15.9 Å². The van der Waals surface area contributed by atoms with Crippen molar-refractivity contribution in [3.8, 4) is 0 Å². The summed E-state index contributed by atoms with van der Waals surface area (Å²) in [6.07, 6.45) is 0.811. The monoisotopic (exact) mass is 273 g/mol. The summed E-state index contributed by atoms with van der Waals surface area (Å²) in [6, 6.07) is 5.83. The molecule has 0 aliphatic heterocycles. The van der Waals surface area contributed by atoms with Crippen molar-refractivity contribution in [2.24, 2.45) is 5.73 Å². The van der Waals surface area contributed by atoms with E-state index in [4.69, 9.17) is 5.73 Å². The van der Waals surface area contributed by atoms with Crippen LogP contribution in [0.15, 0.2) is 22.7 Å². The third-order valence-electron chi connectivity index (χ3n) is 2.23. The third kappa shape index (κ3) is 3.58. The molecule has 1 nitrogen and oxygen atoms in total. The number of benzene rings is 1. The standard InChI is InChI=1S/C12H17BrFN/c1-8(15)6-9-4-5-10(11(13)7-9)12(2,3)14/h4-5,7-8H,6,15H2,1-3H3. The molecule has 1 aromatic rings. The van der Waals surface area contributed by atoms with Crippen molar-refractivity contribution in [3.63, 3.8) is 0 Å². The van der Waals surface area contributed by atoms with Crippen LogP contribution in [0.1, 0.15) is 31.9 Å². The Bertz CT molecular complexity index is 342. The Labute approximate surface area is 99.0 Å². The van der Waals surface area contributed by atoms with Crippen LogP contribution in [-0.4, -0.2) is 6.04 Å². The smallest absolute Gasteiger partial charge is 0.131 e. The van der Waals surface area contributed by atoms with Crippen LogP contribution in [0.5, 0.6) is 0 Å². The maximum Gasteiger partial charge on any atom is 0.131 e. The van der Waals surface area contributed by atoms with Gasteiger partial charge in [-0.1, -0.05) is 28.1 Å². The van der Waals surface area contributed by atoms with E-state index >= 15 is 0 Å². The fourth-order valence-electron chi connectivity index (χ4n) is 1.54. The van der Waals surface area contributed by atoms with Gasteiger partial charge < -0.3 is 5.73 Å². The van der Waals surface area contributed by atoms with Crippen molar-refractivity contribution >= 4 is 15.9 Å². The fourth-order valence-corrected chi connectivity index (χ4v) is 2.44. The molecule has 0 saturated carbocycles. The first kappa shape index (κ1) is 12.7. The zero-order valence-corrected chi connectivity index (χ0v) is 10.9. The van der Waals surface area contributed by atoms with Crippen molar-refractivity contribution in [1.29, 1.82) is 0 Å². The highest BCUT2D eigenvalue weighted by Crippen LogP contribution is 2.31. The lowest BCUT2D eigenvalue weighted by atomic mass is 9.97. The Morgan fingerprint density at radius 3 is 2.47 bits per heavy atom. The second kappa shape index (κ2) is 4.62. The van der Waals surface area contributed by atoms with Gasteiger partial charge in [0.1, 0.15) is 5.67 Å². The predicted molar refractivity (Wildman–Crippen MR) is 65.6 cm³/mol. The lowest BCUT2D eigenvalue weighted by Crippen LogP contribution is -2.18. The molecule has 0 aromatic heterocycles. The van der Waals surface area contributed by atoms with E-state index in [0.29, 0.717) is 5.56 Å². The van der Waals surface area contributed by atoms with Gasteiger partial charge in [0, 0.05) is 16.1 Å². The second-order valence-corrected chi connectivity index (χ2v) is 5.32. The minimum Gasteiger partial charge on any atom is -0.328 e. The highest BCUT2D eigenvalue weighted by Gasteiger charge is 2.21. The molecule has 15 heavy (non-hydrogen) atoms. The number of halogens is 2. The van der Waals surface area contributed by atoms with Crippen LogP contribution in [-0.2, 0) is 12.1 Å². The molecular formula is C12H17BrFN. The van der Waals surface area contributed by atoms with Gasteiger partial charge in [0.05, 0.1) is 0 Å². The Hall–Kier alpha value is -0.410. The summed E-state index contributed by atoms with van der Waals surface area (Å²) in [6.45, 7) is 5.07. The summed E-state index contributed by atoms with van der Waals surface area (Å²) in [5, 5.41) is 0. The van der Waals surface area contributed by atoms with Gasteiger partial charge >= 0.3 is 0 Å². The van der Waals surface area contributed by atoms with Crippen LogP contribution in [0.3, 0.4) is 0 Å². The van der Waals surface area contributed by atoms with Crippen molar-refractivity contribution in [2.75, 3.05) is 0 Å². The maximum absolute atomic E-state index is 13.7. The van der Waals surface area contributed by atoms with Gasteiger partial charge in [0.2, 0.25) is 0 Å². The zero-order chi connectivity index (χ0) is 11.6. The molecule has 0 spiro atoms. The van der Waals surface area contributed by atoms with Crippen LogP contribution in [0.2, 0.25) is 0 Å². The van der Waals surface area contributed by atoms with Crippen LogP contribution in [0.4, 0.5) is 4.39 Å². The van der Waals surface area contributed by atoms with Crippen LogP contribution in [0, 0.1) is 0 Å². The summed E-state index contributed by atoms with van der Waals surface area (Å²) >= 11 is 3.39. The first-order valence-corrected chi connectivity index (χ1v) is 5.83. The number of alkyl halides is 1. The molecule has 84 valence electrons. The molecule has 0 aliphatic carbocycles. The Balaban J connectivity index is 2.99. The van der Waals surface area contributed by atoms with E-state index in [2.05, 4.69) is 15.9 Å². The van der Waals surface area contributed by atoms with Gasteiger partial charge in [-0.25, -0.2) is 4.39 Å². The summed E-state index contributed by atoms with van der Waals surface area (Å²) in [4.78, 5) is 0. The largest absolute Gasteiger partial charge is 0.328 e. The van der Waals surface area contributed by atoms with E-state index < -0.39 is 5.67 Å². The molecule has 0 saturated heterocycles. The van der Waals surface area contributed by atoms with Crippen LogP contribution < -0.4 is 5.73 Å². The average molecular weight is 274 g/mol. The Morgan fingerprint density at radius 1 is 1.47 bits per heavy atom. The molecule has 0 fully saturated rings. The predicted octanol–water partition coefficient (Wildman–Crippen LogP) is 3.54. The first-order valence-electron chi connectivity index (χ1n) is 5.04. The molecule has 1 unspecified atom stereocenters. The van der Waals surface area contributed by atoms with E-state index in [1.807, 2.05) is 25.1 Å². The topological polar surface area (TPSA) is 26.0 Å². The van der Waals surface area contributed by atoms with Gasteiger partial charge in [0.15, 0.2) is 0 Å². The van der Waals surface area contributed by atoms with Crippen molar-refractivity contribution in [1.82, 2.24) is 0 Å². The summed E-state index contributed by atoms with van der Waals surface area (Å²) in [5.74, 6) is 0. The normalized spacial score (nSPS) is 14.0. The first-order chi connectivity index (χ1) is 6.80. The van der Waals surface area contributed by atoms with Gasteiger partial charge in [-0.3, -0.25) is 0 Å². The quantitative estimate of drug-likeness (QED) is 0.896. The number of rotatable bonds is 3. The minimum atomic E-state index is -1.31. The second-order valence-electron chi connectivity index (χ2n) is 4.47. The highest BCUT2D eigenvalue weighted by molar-refractivity contribution is 9.10. The van der Waals surface area contributed by atoms with E-state index in [-0.39, 0.29) is 6.04 Å². The molecule has 1 rings (SSSR count). The molecular weight excluding hydrogens is 257 g/mol. The summed E-state index contributed by atoms with van der Waals surface area (Å²) < 4.78 is 14.5. The molecule has 0 radical (unpaired) electrons. The minimum absolute atomic E-state index is 0.126. The molecule has 3 heteroatoms. The Kier molecular flexibility index (Phi) is 3.90.